The highest BCUT2D eigenvalue weighted by Crippen LogP contribution is 2.21. The fourth-order valence-electron chi connectivity index (χ4n) is 1.66. The minimum atomic E-state index is -0.188. The molecule has 0 saturated heterocycles. The number of hydrogen-bond acceptors (Lipinski definition) is 3. The van der Waals surface area contributed by atoms with Crippen LogP contribution < -0.4 is 5.56 Å². The van der Waals surface area contributed by atoms with Gasteiger partial charge in [-0.3, -0.25) is 9.78 Å². The van der Waals surface area contributed by atoms with Crippen molar-refractivity contribution in [1.82, 2.24) is 15.0 Å². The number of aromatic nitrogens is 3. The van der Waals surface area contributed by atoms with Gasteiger partial charge in [0.2, 0.25) is 0 Å². The smallest absolute Gasteiger partial charge is 0.251 e. The van der Waals surface area contributed by atoms with E-state index in [0.29, 0.717) is 11.5 Å². The quantitative estimate of drug-likeness (QED) is 0.836. The third-order valence-corrected chi connectivity index (χ3v) is 2.62. The van der Waals surface area contributed by atoms with Gasteiger partial charge in [0.25, 0.3) is 5.56 Å². The highest BCUT2D eigenvalue weighted by Gasteiger charge is 2.17. The maximum absolute atomic E-state index is 11.7. The number of nitrogens with zero attached hydrogens (tertiary/aromatic N) is 2. The molecule has 0 atom stereocenters. The van der Waals surface area contributed by atoms with Gasteiger partial charge in [-0.1, -0.05) is 20.8 Å². The summed E-state index contributed by atoms with van der Waals surface area (Å²) >= 11 is 0. The van der Waals surface area contributed by atoms with E-state index >= 15 is 0 Å². The molecule has 0 aliphatic rings. The molecule has 4 nitrogen and oxygen atoms in total. The molecular formula is C14H17N3O. The summed E-state index contributed by atoms with van der Waals surface area (Å²) in [4.78, 5) is 23.1. The van der Waals surface area contributed by atoms with Crippen molar-refractivity contribution in [2.75, 3.05) is 0 Å². The lowest BCUT2D eigenvalue weighted by Crippen LogP contribution is -2.21. The highest BCUT2D eigenvalue weighted by atomic mass is 16.1. The number of H-pyrrole nitrogens is 1. The molecule has 4 heteroatoms. The number of rotatable bonds is 1. The van der Waals surface area contributed by atoms with Crippen molar-refractivity contribution >= 4 is 0 Å². The van der Waals surface area contributed by atoms with Crippen molar-refractivity contribution in [2.24, 2.45) is 0 Å². The first-order chi connectivity index (χ1) is 8.36. The Labute approximate surface area is 106 Å². The van der Waals surface area contributed by atoms with Gasteiger partial charge >= 0.3 is 0 Å². The van der Waals surface area contributed by atoms with Crippen LogP contribution in [0.15, 0.2) is 29.3 Å². The Balaban J connectivity index is 2.59. The lowest BCUT2D eigenvalue weighted by Gasteiger charge is -2.17. The minimum absolute atomic E-state index is 0.133. The van der Waals surface area contributed by atoms with Crippen LogP contribution in [0, 0.1) is 6.92 Å². The average Bonchev–Trinajstić information content (AvgIpc) is 2.27. The molecule has 0 bridgehead atoms. The standard InChI is InChI=1S/C14H17N3O/c1-9-5-10(8-15-7-9)11-6-12(18)17-13(16-11)14(2,3)4/h5-8H,1-4H3,(H,16,17,18). The second kappa shape index (κ2) is 4.37. The SMILES string of the molecule is Cc1cncc(-c2cc(=O)[nH]c(C(C)(C)C)n2)c1. The van der Waals surface area contributed by atoms with E-state index in [1.807, 2.05) is 33.8 Å². The normalized spacial score (nSPS) is 11.6. The molecule has 2 rings (SSSR count). The maximum atomic E-state index is 11.7. The van der Waals surface area contributed by atoms with Crippen LogP contribution >= 0.6 is 0 Å². The number of aryl methyl sites for hydroxylation is 1. The molecule has 0 unspecified atom stereocenters. The van der Waals surface area contributed by atoms with Crippen molar-refractivity contribution < 1.29 is 0 Å². The third kappa shape index (κ3) is 2.64. The summed E-state index contributed by atoms with van der Waals surface area (Å²) in [5, 5.41) is 0. The fraction of sp³-hybridized carbons (Fsp3) is 0.357. The van der Waals surface area contributed by atoms with Gasteiger partial charge in [0.1, 0.15) is 5.82 Å². The van der Waals surface area contributed by atoms with Crippen molar-refractivity contribution in [3.8, 4) is 11.3 Å². The summed E-state index contributed by atoms with van der Waals surface area (Å²) in [6, 6.07) is 3.48. The van der Waals surface area contributed by atoms with Crippen LogP contribution in [0.4, 0.5) is 0 Å². The van der Waals surface area contributed by atoms with Crippen molar-refractivity contribution in [1.29, 1.82) is 0 Å². The summed E-state index contributed by atoms with van der Waals surface area (Å²) < 4.78 is 0. The zero-order chi connectivity index (χ0) is 13.3. The van der Waals surface area contributed by atoms with E-state index in [2.05, 4.69) is 15.0 Å². The fourth-order valence-corrected chi connectivity index (χ4v) is 1.66. The molecule has 0 aliphatic carbocycles. The molecule has 0 amide bonds. The highest BCUT2D eigenvalue weighted by molar-refractivity contribution is 5.58. The molecule has 0 saturated carbocycles. The summed E-state index contributed by atoms with van der Waals surface area (Å²) in [5.41, 5.74) is 2.26. The van der Waals surface area contributed by atoms with E-state index in [9.17, 15) is 4.79 Å². The Morgan fingerprint density at radius 3 is 2.50 bits per heavy atom. The molecule has 1 N–H and O–H groups in total. The van der Waals surface area contributed by atoms with E-state index < -0.39 is 0 Å². The first-order valence-electron chi connectivity index (χ1n) is 5.90. The summed E-state index contributed by atoms with van der Waals surface area (Å²) in [6.45, 7) is 8.02. The van der Waals surface area contributed by atoms with Crippen LogP contribution in [0.3, 0.4) is 0 Å². The van der Waals surface area contributed by atoms with Gasteiger partial charge < -0.3 is 4.98 Å². The Morgan fingerprint density at radius 1 is 1.17 bits per heavy atom. The second-order valence-electron chi connectivity index (χ2n) is 5.48. The van der Waals surface area contributed by atoms with E-state index in [-0.39, 0.29) is 11.0 Å². The average molecular weight is 243 g/mol. The largest absolute Gasteiger partial charge is 0.310 e. The summed E-state index contributed by atoms with van der Waals surface area (Å²) in [7, 11) is 0. The van der Waals surface area contributed by atoms with Gasteiger partial charge in [-0.05, 0) is 18.6 Å². The number of aromatic amines is 1. The van der Waals surface area contributed by atoms with Gasteiger partial charge in [-0.25, -0.2) is 4.98 Å². The summed E-state index contributed by atoms with van der Waals surface area (Å²) in [6.07, 6.45) is 3.50. The van der Waals surface area contributed by atoms with Gasteiger partial charge in [0.15, 0.2) is 0 Å². The Kier molecular flexibility index (Phi) is 3.03. The first-order valence-corrected chi connectivity index (χ1v) is 5.90. The molecule has 0 radical (unpaired) electrons. The molecule has 0 aliphatic heterocycles. The Bertz CT molecular complexity index is 623. The van der Waals surface area contributed by atoms with Crippen molar-refractivity contribution in [2.45, 2.75) is 33.1 Å². The molecule has 2 heterocycles. The first kappa shape index (κ1) is 12.5. The molecule has 0 aromatic carbocycles. The topological polar surface area (TPSA) is 58.6 Å². The monoisotopic (exact) mass is 243 g/mol. The second-order valence-corrected chi connectivity index (χ2v) is 5.48. The predicted octanol–water partition coefficient (Wildman–Crippen LogP) is 2.44. The lowest BCUT2D eigenvalue weighted by atomic mass is 9.95. The zero-order valence-corrected chi connectivity index (χ0v) is 11.1. The molecular weight excluding hydrogens is 226 g/mol. The Hall–Kier alpha value is -1.97. The van der Waals surface area contributed by atoms with Crippen molar-refractivity contribution in [3.05, 3.63) is 46.3 Å². The van der Waals surface area contributed by atoms with Gasteiger partial charge in [-0.2, -0.15) is 0 Å². The molecule has 2 aromatic rings. The van der Waals surface area contributed by atoms with Crippen LogP contribution in [-0.2, 0) is 5.41 Å². The predicted molar refractivity (Wildman–Crippen MR) is 71.5 cm³/mol. The van der Waals surface area contributed by atoms with E-state index in [1.54, 1.807) is 12.4 Å². The van der Waals surface area contributed by atoms with E-state index in [1.165, 1.54) is 6.07 Å². The Morgan fingerprint density at radius 2 is 1.89 bits per heavy atom. The van der Waals surface area contributed by atoms with Gasteiger partial charge in [0, 0.05) is 29.4 Å². The number of nitrogens with one attached hydrogen (secondary N) is 1. The zero-order valence-electron chi connectivity index (χ0n) is 11.1. The molecule has 94 valence electrons. The van der Waals surface area contributed by atoms with Crippen LogP contribution in [0.5, 0.6) is 0 Å². The van der Waals surface area contributed by atoms with Gasteiger partial charge in [0.05, 0.1) is 5.69 Å². The maximum Gasteiger partial charge on any atom is 0.251 e. The number of pyridine rings is 1. The molecule has 0 fully saturated rings. The van der Waals surface area contributed by atoms with Crippen LogP contribution in [0.2, 0.25) is 0 Å². The number of hydrogen-bond donors (Lipinski definition) is 1. The van der Waals surface area contributed by atoms with E-state index in [0.717, 1.165) is 11.1 Å². The third-order valence-electron chi connectivity index (χ3n) is 2.62. The summed E-state index contributed by atoms with van der Waals surface area (Å²) in [5.74, 6) is 0.687. The minimum Gasteiger partial charge on any atom is -0.310 e. The lowest BCUT2D eigenvalue weighted by molar-refractivity contribution is 0.543. The van der Waals surface area contributed by atoms with E-state index in [4.69, 9.17) is 0 Å². The van der Waals surface area contributed by atoms with Gasteiger partial charge in [-0.15, -0.1) is 0 Å². The molecule has 0 spiro atoms. The van der Waals surface area contributed by atoms with Crippen LogP contribution in [0.1, 0.15) is 32.2 Å². The van der Waals surface area contributed by atoms with Crippen LogP contribution in [0.25, 0.3) is 11.3 Å². The molecule has 2 aromatic heterocycles. The molecule has 18 heavy (non-hydrogen) atoms. The van der Waals surface area contributed by atoms with Crippen LogP contribution in [-0.4, -0.2) is 15.0 Å². The van der Waals surface area contributed by atoms with Crippen molar-refractivity contribution in [3.63, 3.8) is 0 Å².